The second-order valence-corrected chi connectivity index (χ2v) is 8.08. The molecule has 3 rings (SSSR count). The molecule has 6 nitrogen and oxygen atoms in total. The van der Waals surface area contributed by atoms with E-state index in [2.05, 4.69) is 10.0 Å². The Morgan fingerprint density at radius 1 is 1.12 bits per heavy atom. The molecule has 0 unspecified atom stereocenters. The summed E-state index contributed by atoms with van der Waals surface area (Å²) in [5, 5.41) is 3.69. The Morgan fingerprint density at radius 2 is 1.79 bits per heavy atom. The summed E-state index contributed by atoms with van der Waals surface area (Å²) < 4.78 is 28.1. The van der Waals surface area contributed by atoms with E-state index in [0.29, 0.717) is 16.5 Å². The minimum absolute atomic E-state index is 0.152. The molecular weight excluding hydrogens is 348 g/mol. The predicted molar refractivity (Wildman–Crippen MR) is 98.0 cm³/mol. The molecule has 1 heterocycles. The van der Waals surface area contributed by atoms with Gasteiger partial charge in [-0.25, -0.2) is 17.6 Å². The molecule has 0 aliphatic carbocycles. The van der Waals surface area contributed by atoms with Crippen LogP contribution in [-0.2, 0) is 10.0 Å². The van der Waals surface area contributed by atoms with Crippen LogP contribution in [0.4, 0.5) is 17.1 Å². The van der Waals surface area contributed by atoms with Crippen molar-refractivity contribution < 1.29 is 8.42 Å². The summed E-state index contributed by atoms with van der Waals surface area (Å²) >= 11 is 6.02. The minimum atomic E-state index is -3.71. The molecule has 1 aliphatic rings. The van der Waals surface area contributed by atoms with Crippen LogP contribution in [-0.4, -0.2) is 22.5 Å². The molecule has 0 saturated carbocycles. The number of hydrogen-bond donors (Lipinski definition) is 3. The number of anilines is 2. The van der Waals surface area contributed by atoms with E-state index in [1.807, 2.05) is 20.2 Å². The highest BCUT2D eigenvalue weighted by Crippen LogP contribution is 2.37. The first-order valence-electron chi connectivity index (χ1n) is 7.20. The van der Waals surface area contributed by atoms with Crippen molar-refractivity contribution in [1.29, 1.82) is 0 Å². The van der Waals surface area contributed by atoms with Crippen LogP contribution in [0.2, 0.25) is 5.02 Å². The number of nitrogens with one attached hydrogen (secondary N) is 2. The first-order valence-corrected chi connectivity index (χ1v) is 9.06. The smallest absolute Gasteiger partial charge is 0.265 e. The number of halogens is 1. The molecule has 0 bridgehead atoms. The van der Waals surface area contributed by atoms with Crippen LogP contribution in [0.1, 0.15) is 0 Å². The van der Waals surface area contributed by atoms with Crippen LogP contribution in [0.15, 0.2) is 59.4 Å². The molecule has 0 radical (unpaired) electrons. The largest absolute Gasteiger partial charge is 0.399 e. The fourth-order valence-corrected chi connectivity index (χ4v) is 3.88. The minimum Gasteiger partial charge on any atom is -0.399 e. The molecule has 0 amide bonds. The Balaban J connectivity index is 1.95. The van der Waals surface area contributed by atoms with Gasteiger partial charge in [-0.05, 0) is 36.4 Å². The van der Waals surface area contributed by atoms with Gasteiger partial charge in [0.25, 0.3) is 10.0 Å². The van der Waals surface area contributed by atoms with Crippen molar-refractivity contribution in [3.8, 4) is 0 Å². The number of nitrogens with zero attached hydrogens (tertiary/aromatic N) is 1. The number of sulfonamides is 1. The molecule has 126 valence electrons. The van der Waals surface area contributed by atoms with Gasteiger partial charge < -0.3 is 11.1 Å². The van der Waals surface area contributed by atoms with Gasteiger partial charge in [0.15, 0.2) is 5.69 Å². The van der Waals surface area contributed by atoms with Crippen LogP contribution in [0, 0.1) is 0 Å². The van der Waals surface area contributed by atoms with E-state index in [0.717, 1.165) is 11.4 Å². The highest BCUT2D eigenvalue weighted by Gasteiger charge is 2.35. The lowest BCUT2D eigenvalue weighted by Gasteiger charge is -2.35. The fourth-order valence-electron chi connectivity index (χ4n) is 2.54. The highest BCUT2D eigenvalue weighted by molar-refractivity contribution is 7.89. The molecule has 24 heavy (non-hydrogen) atoms. The van der Waals surface area contributed by atoms with E-state index in [4.69, 9.17) is 17.3 Å². The molecule has 4 N–H and O–H groups in total. The third-order valence-electron chi connectivity index (χ3n) is 3.96. The normalized spacial score (nSPS) is 15.9. The Kier molecular flexibility index (Phi) is 3.95. The molecule has 1 aliphatic heterocycles. The van der Waals surface area contributed by atoms with Gasteiger partial charge in [-0.15, -0.1) is 0 Å². The number of quaternary nitrogens is 1. The van der Waals surface area contributed by atoms with Crippen molar-refractivity contribution in [2.45, 2.75) is 4.90 Å². The molecule has 0 spiro atoms. The lowest BCUT2D eigenvalue weighted by atomic mass is 10.2. The topological polar surface area (TPSA) is 84.2 Å². The van der Waals surface area contributed by atoms with Gasteiger partial charge >= 0.3 is 0 Å². The maximum Gasteiger partial charge on any atom is 0.265 e. The molecule has 2 aromatic carbocycles. The standard InChI is InChI=1S/C16H18ClN4O2S/c1-21(2)15-8-3-11(17)9-14(15)19-10-16(21)20-24(22,23)13-6-4-12(18)5-7-13/h3-10,19-20H,18H2,1-2H3/q+1. The lowest BCUT2D eigenvalue weighted by Crippen LogP contribution is -2.49. The Hall–Kier alpha value is -2.22. The summed E-state index contributed by atoms with van der Waals surface area (Å²) in [4.78, 5) is 0.152. The molecule has 0 fully saturated rings. The lowest BCUT2D eigenvalue weighted by molar-refractivity contribution is 0.464. The van der Waals surface area contributed by atoms with Crippen molar-refractivity contribution >= 4 is 38.7 Å². The van der Waals surface area contributed by atoms with Crippen LogP contribution in [0.3, 0.4) is 0 Å². The number of rotatable bonds is 3. The van der Waals surface area contributed by atoms with E-state index < -0.39 is 10.0 Å². The highest BCUT2D eigenvalue weighted by atomic mass is 35.5. The number of nitrogen functional groups attached to an aromatic ring is 1. The van der Waals surface area contributed by atoms with Gasteiger partial charge in [0.2, 0.25) is 5.82 Å². The van der Waals surface area contributed by atoms with E-state index in [1.54, 1.807) is 30.5 Å². The maximum atomic E-state index is 12.6. The van der Waals surface area contributed by atoms with E-state index in [-0.39, 0.29) is 9.38 Å². The average molecular weight is 366 g/mol. The van der Waals surface area contributed by atoms with Gasteiger partial charge in [-0.2, -0.15) is 0 Å². The third-order valence-corrected chi connectivity index (χ3v) is 5.56. The molecule has 0 saturated heterocycles. The van der Waals surface area contributed by atoms with Gasteiger partial charge in [-0.1, -0.05) is 11.6 Å². The monoisotopic (exact) mass is 365 g/mol. The number of benzene rings is 2. The van der Waals surface area contributed by atoms with Crippen molar-refractivity contribution in [1.82, 2.24) is 9.21 Å². The first-order chi connectivity index (χ1) is 11.2. The van der Waals surface area contributed by atoms with Gasteiger partial charge in [-0.3, -0.25) is 0 Å². The predicted octanol–water partition coefficient (Wildman–Crippen LogP) is 2.69. The summed E-state index contributed by atoms with van der Waals surface area (Å²) in [6, 6.07) is 11.5. The second-order valence-electron chi connectivity index (χ2n) is 5.96. The summed E-state index contributed by atoms with van der Waals surface area (Å²) in [7, 11) is 0.0736. The second kappa shape index (κ2) is 5.70. The summed E-state index contributed by atoms with van der Waals surface area (Å²) in [5.41, 5.74) is 7.86. The molecule has 0 aromatic heterocycles. The van der Waals surface area contributed by atoms with E-state index in [9.17, 15) is 8.42 Å². The molecular formula is C16H18ClN4O2S+. The Morgan fingerprint density at radius 3 is 2.46 bits per heavy atom. The van der Waals surface area contributed by atoms with Crippen molar-refractivity contribution in [2.24, 2.45) is 0 Å². The average Bonchev–Trinajstić information content (AvgIpc) is 2.50. The van der Waals surface area contributed by atoms with Gasteiger partial charge in [0, 0.05) is 16.8 Å². The fraction of sp³-hybridized carbons (Fsp3) is 0.125. The van der Waals surface area contributed by atoms with Crippen LogP contribution < -0.4 is 20.3 Å². The van der Waals surface area contributed by atoms with Crippen molar-refractivity contribution in [2.75, 3.05) is 25.1 Å². The number of fused-ring (bicyclic) bond motifs is 1. The van der Waals surface area contributed by atoms with Crippen LogP contribution >= 0.6 is 11.6 Å². The molecule has 8 heteroatoms. The van der Waals surface area contributed by atoms with Crippen LogP contribution in [0.25, 0.3) is 0 Å². The Bertz CT molecular complexity index is 922. The quantitative estimate of drug-likeness (QED) is 0.576. The Labute approximate surface area is 146 Å². The number of nitrogens with two attached hydrogens (primary N) is 1. The molecule has 0 atom stereocenters. The third kappa shape index (κ3) is 2.93. The van der Waals surface area contributed by atoms with Gasteiger partial charge in [0.05, 0.1) is 25.2 Å². The maximum absolute atomic E-state index is 12.6. The van der Waals surface area contributed by atoms with Crippen molar-refractivity contribution in [3.63, 3.8) is 0 Å². The number of hydrogen-bond acceptors (Lipinski definition) is 4. The zero-order valence-electron chi connectivity index (χ0n) is 13.2. The van der Waals surface area contributed by atoms with E-state index in [1.165, 1.54) is 12.1 Å². The summed E-state index contributed by atoms with van der Waals surface area (Å²) in [5.74, 6) is 0.488. The zero-order chi connectivity index (χ0) is 17.5. The van der Waals surface area contributed by atoms with Crippen molar-refractivity contribution in [3.05, 3.63) is 59.5 Å². The van der Waals surface area contributed by atoms with Crippen LogP contribution in [0.5, 0.6) is 0 Å². The zero-order valence-corrected chi connectivity index (χ0v) is 14.8. The SMILES string of the molecule is C[N+]1(C)C(NS(=O)(=O)c2ccc(N)cc2)=CNc2cc(Cl)ccc21. The summed E-state index contributed by atoms with van der Waals surface area (Å²) in [6.07, 6.45) is 1.63. The molecule has 2 aromatic rings. The summed E-state index contributed by atoms with van der Waals surface area (Å²) in [6.45, 7) is 0. The first kappa shape index (κ1) is 16.6. The van der Waals surface area contributed by atoms with Gasteiger partial charge in [0.1, 0.15) is 5.69 Å². The van der Waals surface area contributed by atoms with E-state index >= 15 is 0 Å².